The summed E-state index contributed by atoms with van der Waals surface area (Å²) >= 11 is 0. The van der Waals surface area contributed by atoms with E-state index in [1.807, 2.05) is 13.8 Å². The van der Waals surface area contributed by atoms with E-state index >= 15 is 0 Å². The first-order valence-electron chi connectivity index (χ1n) is 4.85. The molecular formula is C9H24N4O3. The lowest BCUT2D eigenvalue weighted by molar-refractivity contribution is -0.191. The van der Waals surface area contributed by atoms with Crippen LogP contribution in [0.15, 0.2) is 4.99 Å². The van der Waals surface area contributed by atoms with E-state index in [1.165, 1.54) is 6.40 Å². The van der Waals surface area contributed by atoms with Gasteiger partial charge < -0.3 is 21.9 Å². The maximum absolute atomic E-state index is 8.12. The van der Waals surface area contributed by atoms with E-state index in [-0.39, 0.29) is 6.15 Å². The molecule has 0 rings (SSSR count). The summed E-state index contributed by atoms with van der Waals surface area (Å²) in [6, 6.07) is 0. The lowest BCUT2D eigenvalue weighted by Crippen LogP contribution is -2.11. The molecule has 0 aromatic rings. The normalized spacial score (nSPS) is 7.12. The van der Waals surface area contributed by atoms with Crippen LogP contribution >= 0.6 is 0 Å². The first-order chi connectivity index (χ1) is 7.74. The van der Waals surface area contributed by atoms with Crippen molar-refractivity contribution < 1.29 is 14.3 Å². The van der Waals surface area contributed by atoms with Gasteiger partial charge in [-0.3, -0.25) is 4.99 Å². The number of nitrogens with two attached hydrogens (primary N) is 3. The first kappa shape index (κ1) is 24.1. The number of carbonyl (C=O) groups excluding carboxylic acids is 2. The molecule has 0 aliphatic rings. The number of aliphatic imine (C=N–C) groups is 1. The fourth-order valence-electron chi connectivity index (χ4n) is 0.202. The van der Waals surface area contributed by atoms with Gasteiger partial charge >= 0.3 is 6.15 Å². The molecule has 0 heterocycles. The van der Waals surface area contributed by atoms with Gasteiger partial charge in [0.2, 0.25) is 0 Å². The lowest BCUT2D eigenvalue weighted by atomic mass is 10.7. The van der Waals surface area contributed by atoms with Crippen LogP contribution < -0.4 is 17.2 Å². The highest BCUT2D eigenvalue weighted by Crippen LogP contribution is 1.60. The van der Waals surface area contributed by atoms with Gasteiger partial charge in [-0.2, -0.15) is 9.59 Å². The quantitative estimate of drug-likeness (QED) is 0.422. The topological polar surface area (TPSA) is 134 Å². The molecule has 7 nitrogen and oxygen atoms in total. The highest BCUT2D eigenvalue weighted by molar-refractivity contribution is 5.45. The molecule has 0 fully saturated rings. The molecule has 7 heteroatoms. The molecule has 6 N–H and O–H groups in total. The summed E-state index contributed by atoms with van der Waals surface area (Å²) in [7, 11) is 1.56. The number of ether oxygens (including phenoxy) is 1. The summed E-state index contributed by atoms with van der Waals surface area (Å²) in [5, 5.41) is 0. The Morgan fingerprint density at radius 3 is 1.69 bits per heavy atom. The minimum atomic E-state index is 0.250. The molecule has 0 saturated carbocycles. The monoisotopic (exact) mass is 236 g/mol. The number of hydrogen-bond acceptors (Lipinski definition) is 7. The Bertz CT molecular complexity index is 135. The Balaban J connectivity index is -0.0000000685. The average Bonchev–Trinajstić information content (AvgIpc) is 2.34. The Morgan fingerprint density at radius 2 is 1.50 bits per heavy atom. The van der Waals surface area contributed by atoms with E-state index in [0.29, 0.717) is 26.2 Å². The third-order valence-electron chi connectivity index (χ3n) is 0.605. The standard InChI is InChI=1S/C4H10N2O.C2H8N2.C2H6.CO2/c1-7-4-6-3-2-5;3-1-2-4;1-2;2-1-3/h4H,2-3,5H2,1H3;1-4H2;1-2H3;. The van der Waals surface area contributed by atoms with Crippen molar-refractivity contribution >= 4 is 12.6 Å². The van der Waals surface area contributed by atoms with Gasteiger partial charge in [0.25, 0.3) is 0 Å². The minimum absolute atomic E-state index is 0.250. The van der Waals surface area contributed by atoms with E-state index in [1.54, 1.807) is 7.11 Å². The number of nitrogens with zero attached hydrogens (tertiary/aromatic N) is 1. The van der Waals surface area contributed by atoms with Gasteiger partial charge in [-0.15, -0.1) is 0 Å². The molecule has 0 radical (unpaired) electrons. The van der Waals surface area contributed by atoms with Crippen LogP contribution in [0.4, 0.5) is 0 Å². The van der Waals surface area contributed by atoms with E-state index < -0.39 is 0 Å². The molecule has 0 unspecified atom stereocenters. The van der Waals surface area contributed by atoms with E-state index in [4.69, 9.17) is 26.8 Å². The zero-order valence-electron chi connectivity index (χ0n) is 10.3. The van der Waals surface area contributed by atoms with E-state index in [0.717, 1.165) is 0 Å². The Labute approximate surface area is 97.0 Å². The van der Waals surface area contributed by atoms with Crippen molar-refractivity contribution in [1.82, 2.24) is 0 Å². The van der Waals surface area contributed by atoms with Gasteiger partial charge in [-0.05, 0) is 0 Å². The highest BCUT2D eigenvalue weighted by Gasteiger charge is 1.67. The predicted molar refractivity (Wildman–Crippen MR) is 63.9 cm³/mol. The molecule has 0 aromatic carbocycles. The van der Waals surface area contributed by atoms with Crippen molar-refractivity contribution in [2.24, 2.45) is 22.2 Å². The largest absolute Gasteiger partial charge is 0.487 e. The van der Waals surface area contributed by atoms with Gasteiger partial charge in [0.05, 0.1) is 13.7 Å². The predicted octanol–water partition coefficient (Wildman–Crippen LogP) is -1.03. The lowest BCUT2D eigenvalue weighted by Gasteiger charge is -1.84. The van der Waals surface area contributed by atoms with Crippen molar-refractivity contribution in [3.8, 4) is 0 Å². The second-order valence-electron chi connectivity index (χ2n) is 1.70. The second kappa shape index (κ2) is 49.1. The molecule has 0 atom stereocenters. The maximum Gasteiger partial charge on any atom is 0.373 e. The fraction of sp³-hybridized carbons (Fsp3) is 0.778. The number of rotatable bonds is 4. The Hall–Kier alpha value is -1.27. The number of methoxy groups -OCH3 is 1. The van der Waals surface area contributed by atoms with Gasteiger partial charge in [0.15, 0.2) is 6.40 Å². The highest BCUT2D eigenvalue weighted by atomic mass is 16.5. The van der Waals surface area contributed by atoms with Crippen LogP contribution in [0.3, 0.4) is 0 Å². The summed E-state index contributed by atoms with van der Waals surface area (Å²) in [4.78, 5) is 20.0. The first-order valence-corrected chi connectivity index (χ1v) is 4.85. The van der Waals surface area contributed by atoms with Crippen LogP contribution in [0.1, 0.15) is 13.8 Å². The minimum Gasteiger partial charge on any atom is -0.487 e. The van der Waals surface area contributed by atoms with Gasteiger partial charge in [0.1, 0.15) is 0 Å². The maximum atomic E-state index is 8.12. The number of hydrogen-bond donors (Lipinski definition) is 3. The molecule has 0 amide bonds. The molecule has 0 aromatic heterocycles. The van der Waals surface area contributed by atoms with Crippen molar-refractivity contribution in [3.05, 3.63) is 0 Å². The molecule has 98 valence electrons. The van der Waals surface area contributed by atoms with Crippen LogP contribution in [0, 0.1) is 0 Å². The van der Waals surface area contributed by atoms with Crippen LogP contribution in [-0.4, -0.2) is 45.8 Å². The summed E-state index contributed by atoms with van der Waals surface area (Å²) in [6.45, 7) is 6.42. The van der Waals surface area contributed by atoms with E-state index in [9.17, 15) is 0 Å². The molecule has 0 saturated heterocycles. The Kier molecular flexibility index (Phi) is 74.0. The van der Waals surface area contributed by atoms with Crippen LogP contribution in [-0.2, 0) is 14.3 Å². The SMILES string of the molecule is CC.COC=NCCN.NCCN.O=C=O. The average molecular weight is 236 g/mol. The zero-order chi connectivity index (χ0) is 13.7. The molecular weight excluding hydrogens is 212 g/mol. The summed E-state index contributed by atoms with van der Waals surface area (Å²) in [5.41, 5.74) is 14.9. The van der Waals surface area contributed by atoms with Crippen LogP contribution in [0.25, 0.3) is 0 Å². The summed E-state index contributed by atoms with van der Waals surface area (Å²) < 4.78 is 4.50. The van der Waals surface area contributed by atoms with Gasteiger partial charge in [0, 0.05) is 19.6 Å². The van der Waals surface area contributed by atoms with Gasteiger partial charge in [-0.1, -0.05) is 13.8 Å². The van der Waals surface area contributed by atoms with Crippen molar-refractivity contribution in [2.45, 2.75) is 13.8 Å². The Morgan fingerprint density at radius 1 is 1.12 bits per heavy atom. The molecule has 0 spiro atoms. The van der Waals surface area contributed by atoms with Gasteiger partial charge in [-0.25, -0.2) is 0 Å². The van der Waals surface area contributed by atoms with Crippen molar-refractivity contribution in [2.75, 3.05) is 33.3 Å². The zero-order valence-corrected chi connectivity index (χ0v) is 10.3. The fourth-order valence-corrected chi connectivity index (χ4v) is 0.202. The summed E-state index contributed by atoms with van der Waals surface area (Å²) in [5.74, 6) is 0. The third-order valence-corrected chi connectivity index (χ3v) is 0.605. The van der Waals surface area contributed by atoms with Crippen LogP contribution in [0.2, 0.25) is 0 Å². The molecule has 16 heavy (non-hydrogen) atoms. The van der Waals surface area contributed by atoms with Crippen molar-refractivity contribution in [3.63, 3.8) is 0 Å². The summed E-state index contributed by atoms with van der Waals surface area (Å²) in [6.07, 6.45) is 1.63. The molecule has 0 bridgehead atoms. The van der Waals surface area contributed by atoms with Crippen LogP contribution in [0.5, 0.6) is 0 Å². The smallest absolute Gasteiger partial charge is 0.373 e. The molecule has 0 aliphatic carbocycles. The second-order valence-corrected chi connectivity index (χ2v) is 1.70. The van der Waals surface area contributed by atoms with E-state index in [2.05, 4.69) is 9.73 Å². The van der Waals surface area contributed by atoms with Crippen molar-refractivity contribution in [1.29, 1.82) is 0 Å². The molecule has 0 aliphatic heterocycles. The third kappa shape index (κ3) is 126.